The van der Waals surface area contributed by atoms with Gasteiger partial charge in [0.25, 0.3) is 0 Å². The van der Waals surface area contributed by atoms with Crippen LogP contribution in [0.5, 0.6) is 0 Å². The lowest BCUT2D eigenvalue weighted by Gasteiger charge is -2.25. The Balaban J connectivity index is 0.00000729. The zero-order chi connectivity index (χ0) is 19.6. The zero-order valence-corrected chi connectivity index (χ0v) is 19.7. The lowest BCUT2D eigenvalue weighted by atomic mass is 9.87. The number of rotatable bonds is 18. The predicted octanol–water partition coefficient (Wildman–Crippen LogP) is 8.93. The molecule has 0 aliphatic heterocycles. The highest BCUT2D eigenvalue weighted by Crippen LogP contribution is 2.24. The summed E-state index contributed by atoms with van der Waals surface area (Å²) in [6, 6.07) is 10.6. The molecule has 28 heavy (non-hydrogen) atoms. The van der Waals surface area contributed by atoms with E-state index in [1.165, 1.54) is 108 Å². The monoisotopic (exact) mass is 409 g/mol. The van der Waals surface area contributed by atoms with Crippen LogP contribution in [0.4, 0.5) is 0 Å². The number of nitrogens with two attached hydrogens (primary N) is 1. The van der Waals surface area contributed by atoms with E-state index >= 15 is 0 Å². The maximum atomic E-state index is 6.50. The Hall–Kier alpha value is -0.530. The first kappa shape index (κ1) is 27.5. The minimum Gasteiger partial charge on any atom is -0.322 e. The summed E-state index contributed by atoms with van der Waals surface area (Å²) in [7, 11) is 0. The van der Waals surface area contributed by atoms with E-state index in [9.17, 15) is 0 Å². The molecule has 0 spiro atoms. The first-order chi connectivity index (χ1) is 13.2. The number of halogens is 1. The van der Waals surface area contributed by atoms with Gasteiger partial charge in [-0.05, 0) is 18.9 Å². The van der Waals surface area contributed by atoms with Crippen molar-refractivity contribution >= 4 is 12.4 Å². The third-order valence-electron chi connectivity index (χ3n) is 5.98. The molecule has 1 unspecified atom stereocenters. The second-order valence-electron chi connectivity index (χ2n) is 8.84. The van der Waals surface area contributed by atoms with Gasteiger partial charge in [-0.25, -0.2) is 0 Å². The molecule has 0 aliphatic rings. The zero-order valence-electron chi connectivity index (χ0n) is 18.9. The average Bonchev–Trinajstić information content (AvgIpc) is 2.68. The highest BCUT2D eigenvalue weighted by molar-refractivity contribution is 5.85. The predicted molar refractivity (Wildman–Crippen MR) is 129 cm³/mol. The number of benzene rings is 1. The van der Waals surface area contributed by atoms with E-state index in [4.69, 9.17) is 5.73 Å². The SMILES string of the molecule is CCCCCCCCCCCCCCCCCCC(C)(N)c1ccccc1.Cl. The molecule has 0 aromatic heterocycles. The van der Waals surface area contributed by atoms with E-state index < -0.39 is 0 Å². The molecule has 0 bridgehead atoms. The molecular formula is C26H48ClN. The van der Waals surface area contributed by atoms with Crippen molar-refractivity contribution in [3.05, 3.63) is 35.9 Å². The fourth-order valence-electron chi connectivity index (χ4n) is 4.00. The van der Waals surface area contributed by atoms with Crippen LogP contribution in [0.15, 0.2) is 30.3 Å². The van der Waals surface area contributed by atoms with Crippen molar-refractivity contribution in [3.63, 3.8) is 0 Å². The van der Waals surface area contributed by atoms with Gasteiger partial charge in [-0.3, -0.25) is 0 Å². The van der Waals surface area contributed by atoms with Crippen LogP contribution < -0.4 is 5.73 Å². The molecule has 1 rings (SSSR count). The Morgan fingerprint density at radius 2 is 0.964 bits per heavy atom. The van der Waals surface area contributed by atoms with Crippen LogP contribution in [0, 0.1) is 0 Å². The first-order valence-electron chi connectivity index (χ1n) is 12.0. The van der Waals surface area contributed by atoms with Crippen LogP contribution in [0.25, 0.3) is 0 Å². The molecule has 0 saturated carbocycles. The molecule has 0 aliphatic carbocycles. The molecular weight excluding hydrogens is 362 g/mol. The topological polar surface area (TPSA) is 26.0 Å². The lowest BCUT2D eigenvalue weighted by Crippen LogP contribution is -2.32. The second-order valence-corrected chi connectivity index (χ2v) is 8.84. The van der Waals surface area contributed by atoms with Gasteiger partial charge in [-0.1, -0.05) is 140 Å². The van der Waals surface area contributed by atoms with Crippen molar-refractivity contribution in [1.82, 2.24) is 0 Å². The van der Waals surface area contributed by atoms with Crippen LogP contribution in [-0.2, 0) is 5.54 Å². The van der Waals surface area contributed by atoms with Gasteiger partial charge in [0.1, 0.15) is 0 Å². The summed E-state index contributed by atoms with van der Waals surface area (Å²) in [5, 5.41) is 0. The summed E-state index contributed by atoms with van der Waals surface area (Å²) in [6.07, 6.45) is 23.8. The Bertz CT molecular complexity index is 429. The second kappa shape index (κ2) is 18.5. The molecule has 1 aromatic carbocycles. The standard InChI is InChI=1S/C26H47N.ClH/c1-3-4-5-6-7-8-9-10-11-12-13-14-15-16-17-21-24-26(2,27)25-22-19-18-20-23-25;/h18-20,22-23H,3-17,21,24,27H2,1-2H3;1H. The van der Waals surface area contributed by atoms with E-state index in [1.54, 1.807) is 0 Å². The Labute approximate surface area is 182 Å². The van der Waals surface area contributed by atoms with Crippen molar-refractivity contribution < 1.29 is 0 Å². The molecule has 2 N–H and O–H groups in total. The van der Waals surface area contributed by atoms with Crippen LogP contribution in [0.1, 0.15) is 129 Å². The van der Waals surface area contributed by atoms with Gasteiger partial charge in [0.05, 0.1) is 0 Å². The summed E-state index contributed by atoms with van der Waals surface area (Å²) in [4.78, 5) is 0. The van der Waals surface area contributed by atoms with E-state index in [2.05, 4.69) is 44.2 Å². The number of hydrogen-bond donors (Lipinski definition) is 1. The van der Waals surface area contributed by atoms with Crippen LogP contribution in [-0.4, -0.2) is 0 Å². The Morgan fingerprint density at radius 1 is 0.607 bits per heavy atom. The first-order valence-corrected chi connectivity index (χ1v) is 12.0. The van der Waals surface area contributed by atoms with E-state index in [-0.39, 0.29) is 17.9 Å². The normalized spacial score (nSPS) is 13.1. The minimum atomic E-state index is -0.169. The molecule has 1 aromatic rings. The summed E-state index contributed by atoms with van der Waals surface area (Å²) >= 11 is 0. The van der Waals surface area contributed by atoms with Crippen molar-refractivity contribution in [2.24, 2.45) is 5.73 Å². The molecule has 0 amide bonds. The van der Waals surface area contributed by atoms with Crippen molar-refractivity contribution in [3.8, 4) is 0 Å². The molecule has 0 radical (unpaired) electrons. The molecule has 0 fully saturated rings. The number of unbranched alkanes of at least 4 members (excludes halogenated alkanes) is 15. The smallest absolute Gasteiger partial charge is 0.0381 e. The van der Waals surface area contributed by atoms with E-state index in [0.717, 1.165) is 6.42 Å². The molecule has 0 heterocycles. The maximum absolute atomic E-state index is 6.50. The fraction of sp³-hybridized carbons (Fsp3) is 0.769. The van der Waals surface area contributed by atoms with Crippen LogP contribution in [0.3, 0.4) is 0 Å². The number of hydrogen-bond acceptors (Lipinski definition) is 1. The summed E-state index contributed by atoms with van der Waals surface area (Å²) in [5.74, 6) is 0. The lowest BCUT2D eigenvalue weighted by molar-refractivity contribution is 0.420. The van der Waals surface area contributed by atoms with Crippen molar-refractivity contribution in [2.45, 2.75) is 129 Å². The van der Waals surface area contributed by atoms with Gasteiger partial charge in [0.15, 0.2) is 0 Å². The highest BCUT2D eigenvalue weighted by Gasteiger charge is 2.19. The van der Waals surface area contributed by atoms with Gasteiger partial charge in [-0.2, -0.15) is 0 Å². The quantitative estimate of drug-likeness (QED) is 0.240. The average molecular weight is 410 g/mol. The van der Waals surface area contributed by atoms with Gasteiger partial charge in [0, 0.05) is 5.54 Å². The van der Waals surface area contributed by atoms with Gasteiger partial charge < -0.3 is 5.73 Å². The largest absolute Gasteiger partial charge is 0.322 e. The summed E-state index contributed by atoms with van der Waals surface area (Å²) in [5.41, 5.74) is 7.60. The Morgan fingerprint density at radius 3 is 1.36 bits per heavy atom. The fourth-order valence-corrected chi connectivity index (χ4v) is 4.00. The highest BCUT2D eigenvalue weighted by atomic mass is 35.5. The van der Waals surface area contributed by atoms with E-state index in [0.29, 0.717) is 0 Å². The minimum absolute atomic E-state index is 0. The maximum Gasteiger partial charge on any atom is 0.0381 e. The Kier molecular flexibility index (Phi) is 18.1. The van der Waals surface area contributed by atoms with Gasteiger partial charge in [-0.15, -0.1) is 12.4 Å². The molecule has 0 saturated heterocycles. The van der Waals surface area contributed by atoms with E-state index in [1.807, 2.05) is 0 Å². The van der Waals surface area contributed by atoms with Crippen LogP contribution in [0.2, 0.25) is 0 Å². The van der Waals surface area contributed by atoms with Crippen LogP contribution >= 0.6 is 12.4 Å². The third-order valence-corrected chi connectivity index (χ3v) is 5.98. The third kappa shape index (κ3) is 14.5. The molecule has 164 valence electrons. The summed E-state index contributed by atoms with van der Waals surface area (Å²) < 4.78 is 0. The summed E-state index contributed by atoms with van der Waals surface area (Å²) in [6.45, 7) is 4.47. The molecule has 2 heteroatoms. The van der Waals surface area contributed by atoms with Crippen molar-refractivity contribution in [1.29, 1.82) is 0 Å². The van der Waals surface area contributed by atoms with Gasteiger partial charge in [0.2, 0.25) is 0 Å². The van der Waals surface area contributed by atoms with Gasteiger partial charge >= 0.3 is 0 Å². The van der Waals surface area contributed by atoms with Crippen molar-refractivity contribution in [2.75, 3.05) is 0 Å². The molecule has 1 nitrogen and oxygen atoms in total. The molecule has 1 atom stereocenters.